The van der Waals surface area contributed by atoms with E-state index in [1.807, 2.05) is 0 Å². The van der Waals surface area contributed by atoms with Gasteiger partial charge in [-0.1, -0.05) is 52.4 Å². The predicted molar refractivity (Wildman–Crippen MR) is 85.4 cm³/mol. The van der Waals surface area contributed by atoms with Crippen LogP contribution in [0.4, 0.5) is 0 Å². The Labute approximate surface area is 129 Å². The third kappa shape index (κ3) is 13.6. The summed E-state index contributed by atoms with van der Waals surface area (Å²) in [7, 11) is 0. The van der Waals surface area contributed by atoms with Gasteiger partial charge in [0.05, 0.1) is 6.54 Å². The molecule has 0 saturated heterocycles. The highest BCUT2D eigenvalue weighted by molar-refractivity contribution is 5.82. The fourth-order valence-corrected chi connectivity index (χ4v) is 2.23. The number of nitrogens with zero attached hydrogens (tertiary/aromatic N) is 1. The Balaban J connectivity index is 4.02. The molecule has 0 atom stereocenters. The largest absolute Gasteiger partial charge is 0.480 e. The van der Waals surface area contributed by atoms with Gasteiger partial charge in [0, 0.05) is 0 Å². The van der Waals surface area contributed by atoms with E-state index < -0.39 is 5.97 Å². The molecule has 0 aliphatic carbocycles. The SMILES string of the molecule is CCCCCCN(CCCCCC)CC(=O)NCC(=O)O. The average Bonchev–Trinajstić information content (AvgIpc) is 2.45. The van der Waals surface area contributed by atoms with Crippen LogP contribution in [0.2, 0.25) is 0 Å². The van der Waals surface area contributed by atoms with E-state index in [0.717, 1.165) is 25.9 Å². The summed E-state index contributed by atoms with van der Waals surface area (Å²) in [5.41, 5.74) is 0. The molecule has 0 rings (SSSR count). The average molecular weight is 300 g/mol. The Morgan fingerprint density at radius 2 is 1.43 bits per heavy atom. The van der Waals surface area contributed by atoms with Crippen molar-refractivity contribution in [2.24, 2.45) is 0 Å². The first-order valence-corrected chi connectivity index (χ1v) is 8.31. The molecule has 0 spiro atoms. The number of carboxylic acid groups (broad SMARTS) is 1. The van der Waals surface area contributed by atoms with E-state index >= 15 is 0 Å². The zero-order chi connectivity index (χ0) is 15.9. The minimum absolute atomic E-state index is 0.191. The molecule has 0 radical (unpaired) electrons. The maximum atomic E-state index is 11.7. The molecule has 0 heterocycles. The number of rotatable bonds is 14. The van der Waals surface area contributed by atoms with Crippen LogP contribution in [-0.2, 0) is 9.59 Å². The molecule has 0 aliphatic rings. The Hall–Kier alpha value is -1.10. The van der Waals surface area contributed by atoms with E-state index in [-0.39, 0.29) is 12.5 Å². The standard InChI is InChI=1S/C16H32N2O3/c1-3-5-7-9-11-18(12-10-8-6-4-2)14-15(19)17-13-16(20)21/h3-14H2,1-2H3,(H,17,19)(H,20,21). The summed E-state index contributed by atoms with van der Waals surface area (Å²) in [5, 5.41) is 11.0. The summed E-state index contributed by atoms with van der Waals surface area (Å²) >= 11 is 0. The number of carbonyl (C=O) groups is 2. The lowest BCUT2D eigenvalue weighted by molar-refractivity contribution is -0.138. The highest BCUT2D eigenvalue weighted by Gasteiger charge is 2.11. The highest BCUT2D eigenvalue weighted by Crippen LogP contribution is 2.05. The van der Waals surface area contributed by atoms with Crippen LogP contribution in [0.5, 0.6) is 0 Å². The maximum Gasteiger partial charge on any atom is 0.322 e. The predicted octanol–water partition coefficient (Wildman–Crippen LogP) is 2.65. The summed E-state index contributed by atoms with van der Waals surface area (Å²) in [6.07, 6.45) is 9.47. The first-order valence-electron chi connectivity index (χ1n) is 8.31. The van der Waals surface area contributed by atoms with E-state index in [1.54, 1.807) is 0 Å². The van der Waals surface area contributed by atoms with Crippen LogP contribution in [0.1, 0.15) is 65.2 Å². The molecule has 0 fully saturated rings. The number of hydrogen-bond donors (Lipinski definition) is 2. The van der Waals surface area contributed by atoms with Crippen molar-refractivity contribution in [1.82, 2.24) is 10.2 Å². The molecule has 0 aliphatic heterocycles. The maximum absolute atomic E-state index is 11.7. The van der Waals surface area contributed by atoms with Gasteiger partial charge in [0.2, 0.25) is 5.91 Å². The number of aliphatic carboxylic acids is 1. The number of nitrogens with one attached hydrogen (secondary N) is 1. The van der Waals surface area contributed by atoms with Gasteiger partial charge in [-0.3, -0.25) is 14.5 Å². The summed E-state index contributed by atoms with van der Waals surface area (Å²) in [6.45, 7) is 6.23. The molecule has 0 saturated carbocycles. The summed E-state index contributed by atoms with van der Waals surface area (Å²) in [4.78, 5) is 24.3. The molecular formula is C16H32N2O3. The molecule has 5 nitrogen and oxygen atoms in total. The van der Waals surface area contributed by atoms with E-state index in [2.05, 4.69) is 24.1 Å². The minimum atomic E-state index is -0.999. The number of carbonyl (C=O) groups excluding carboxylic acids is 1. The fourth-order valence-electron chi connectivity index (χ4n) is 2.23. The van der Waals surface area contributed by atoms with Crippen LogP contribution in [0.3, 0.4) is 0 Å². The van der Waals surface area contributed by atoms with Crippen molar-refractivity contribution in [3.8, 4) is 0 Å². The molecule has 1 amide bonds. The zero-order valence-corrected chi connectivity index (χ0v) is 13.7. The van der Waals surface area contributed by atoms with Crippen LogP contribution in [0.15, 0.2) is 0 Å². The third-order valence-electron chi connectivity index (χ3n) is 3.46. The molecule has 0 unspecified atom stereocenters. The van der Waals surface area contributed by atoms with E-state index in [1.165, 1.54) is 38.5 Å². The molecule has 2 N–H and O–H groups in total. The first-order chi connectivity index (χ1) is 10.1. The van der Waals surface area contributed by atoms with Gasteiger partial charge in [-0.25, -0.2) is 0 Å². The van der Waals surface area contributed by atoms with Crippen molar-refractivity contribution >= 4 is 11.9 Å². The van der Waals surface area contributed by atoms with Gasteiger partial charge in [-0.15, -0.1) is 0 Å². The Kier molecular flexibility index (Phi) is 13.1. The van der Waals surface area contributed by atoms with Gasteiger partial charge in [-0.05, 0) is 25.9 Å². The van der Waals surface area contributed by atoms with Crippen molar-refractivity contribution in [3.05, 3.63) is 0 Å². The topological polar surface area (TPSA) is 69.6 Å². The van der Waals surface area contributed by atoms with Gasteiger partial charge in [0.25, 0.3) is 0 Å². The Bertz CT molecular complexity index is 271. The minimum Gasteiger partial charge on any atom is -0.480 e. The summed E-state index contributed by atoms with van der Waals surface area (Å²) in [6, 6.07) is 0. The third-order valence-corrected chi connectivity index (χ3v) is 3.46. The molecule has 0 aromatic rings. The smallest absolute Gasteiger partial charge is 0.322 e. The molecule has 0 aromatic carbocycles. The molecule has 21 heavy (non-hydrogen) atoms. The van der Waals surface area contributed by atoms with E-state index in [4.69, 9.17) is 5.11 Å². The number of hydrogen-bond acceptors (Lipinski definition) is 3. The number of unbranched alkanes of at least 4 members (excludes halogenated alkanes) is 6. The van der Waals surface area contributed by atoms with Gasteiger partial charge in [0.15, 0.2) is 0 Å². The Morgan fingerprint density at radius 1 is 0.905 bits per heavy atom. The fraction of sp³-hybridized carbons (Fsp3) is 0.875. The Morgan fingerprint density at radius 3 is 1.86 bits per heavy atom. The second-order valence-electron chi connectivity index (χ2n) is 5.57. The van der Waals surface area contributed by atoms with Crippen molar-refractivity contribution < 1.29 is 14.7 Å². The van der Waals surface area contributed by atoms with Gasteiger partial charge in [0.1, 0.15) is 6.54 Å². The van der Waals surface area contributed by atoms with E-state index in [0.29, 0.717) is 6.54 Å². The van der Waals surface area contributed by atoms with Gasteiger partial charge in [-0.2, -0.15) is 0 Å². The second kappa shape index (κ2) is 13.9. The second-order valence-corrected chi connectivity index (χ2v) is 5.57. The first kappa shape index (κ1) is 19.9. The van der Waals surface area contributed by atoms with E-state index in [9.17, 15) is 9.59 Å². The quantitative estimate of drug-likeness (QED) is 0.484. The van der Waals surface area contributed by atoms with Crippen LogP contribution in [0.25, 0.3) is 0 Å². The molecule has 5 heteroatoms. The van der Waals surface area contributed by atoms with Crippen molar-refractivity contribution in [3.63, 3.8) is 0 Å². The zero-order valence-electron chi connectivity index (χ0n) is 13.7. The normalized spacial score (nSPS) is 10.8. The van der Waals surface area contributed by atoms with Crippen molar-refractivity contribution in [2.45, 2.75) is 65.2 Å². The van der Waals surface area contributed by atoms with Crippen molar-refractivity contribution in [1.29, 1.82) is 0 Å². The molecule has 0 bridgehead atoms. The number of carboxylic acids is 1. The lowest BCUT2D eigenvalue weighted by Gasteiger charge is -2.21. The molecule has 0 aromatic heterocycles. The monoisotopic (exact) mass is 300 g/mol. The summed E-state index contributed by atoms with van der Waals surface area (Å²) < 4.78 is 0. The van der Waals surface area contributed by atoms with Crippen LogP contribution in [-0.4, -0.2) is 48.1 Å². The van der Waals surface area contributed by atoms with Crippen LogP contribution < -0.4 is 5.32 Å². The highest BCUT2D eigenvalue weighted by atomic mass is 16.4. The summed E-state index contributed by atoms with van der Waals surface area (Å²) in [5.74, 6) is -1.19. The van der Waals surface area contributed by atoms with Crippen LogP contribution in [0, 0.1) is 0 Å². The van der Waals surface area contributed by atoms with Crippen molar-refractivity contribution in [2.75, 3.05) is 26.2 Å². The lowest BCUT2D eigenvalue weighted by Crippen LogP contribution is -2.40. The number of amides is 1. The molecular weight excluding hydrogens is 268 g/mol. The van der Waals surface area contributed by atoms with Gasteiger partial charge >= 0.3 is 5.97 Å². The lowest BCUT2D eigenvalue weighted by atomic mass is 10.1. The van der Waals surface area contributed by atoms with Gasteiger partial charge < -0.3 is 10.4 Å². The molecule has 124 valence electrons. The van der Waals surface area contributed by atoms with Crippen LogP contribution >= 0.6 is 0 Å².